The van der Waals surface area contributed by atoms with Crippen molar-refractivity contribution in [1.29, 1.82) is 0 Å². The minimum atomic E-state index is -2.01. The van der Waals surface area contributed by atoms with Crippen LogP contribution in [0.5, 0.6) is 0 Å². The van der Waals surface area contributed by atoms with Crippen LogP contribution < -0.4 is 51.3 Å². The minimum Gasteiger partial charge on any atom is -0.309 e. The summed E-state index contributed by atoms with van der Waals surface area (Å²) in [5.74, 6) is 0. The van der Waals surface area contributed by atoms with Gasteiger partial charge >= 0.3 is 0 Å². The third-order valence-electron chi connectivity index (χ3n) is 30.1. The molecule has 0 saturated carbocycles. The van der Waals surface area contributed by atoms with E-state index in [2.05, 4.69) is 312 Å². The van der Waals surface area contributed by atoms with E-state index in [0.29, 0.717) is 0 Å². The van der Waals surface area contributed by atoms with Crippen LogP contribution >= 0.6 is 0 Å². The first-order chi connectivity index (χ1) is 47.8. The molecule has 0 N–H and O–H groups in total. The molecule has 7 aromatic rings. The van der Waals surface area contributed by atoms with Crippen molar-refractivity contribution in [2.75, 3.05) is 9.80 Å². The lowest BCUT2D eigenvalue weighted by molar-refractivity contribution is 0.591. The van der Waals surface area contributed by atoms with Crippen molar-refractivity contribution in [2.24, 2.45) is 0 Å². The first-order valence-electron chi connectivity index (χ1n) is 42.0. The quantitative estimate of drug-likeness (QED) is 0.0216. The molecule has 550 valence electrons. The molecular formula is C90H148N2Si8. The Balaban J connectivity index is 1.95. The Bertz CT molecular complexity index is 3540. The largest absolute Gasteiger partial charge is 0.309 e. The van der Waals surface area contributed by atoms with E-state index in [9.17, 15) is 0 Å². The van der Waals surface area contributed by atoms with Crippen LogP contribution in [0.15, 0.2) is 115 Å². The zero-order valence-electron chi connectivity index (χ0n) is 69.8. The molecule has 0 atom stereocenters. The molecule has 0 spiro atoms. The van der Waals surface area contributed by atoms with Gasteiger partial charge in [-0.3, -0.25) is 0 Å². The average molecular weight is 1480 g/mol. The second kappa shape index (κ2) is 34.8. The van der Waals surface area contributed by atoms with E-state index < -0.39 is 64.6 Å². The highest BCUT2D eigenvalue weighted by Gasteiger charge is 2.43. The first-order valence-corrected chi connectivity index (χ1v) is 63.0. The molecule has 7 rings (SSSR count). The SMILES string of the molecule is CC[Si](CC)(CC)c1cc(N(c2cc([Si](CC)(CC)CC)cc([Si](CC)(CC)CC)c2)c2c3ccccc3c(N(c3cc([Si](CC)(CC)CC)cc([Si](CC)(CC)CC)c3)c3ccc([Si](CC)(CC)CC)c([Si](CC)(CC)CC)c3)c3cc(C(C)(C)C)ccc23)cc([Si](CC)(CC)CC)c1. The predicted octanol–water partition coefficient (Wildman–Crippen LogP) is 26.0. The van der Waals surface area contributed by atoms with E-state index in [1.165, 1.54) is 206 Å². The number of fused-ring (bicyclic) bond motifs is 2. The van der Waals surface area contributed by atoms with E-state index in [-0.39, 0.29) is 5.41 Å². The standard InChI is InChI=1S/C90H148N2Si8/c1-28-93(29-2,30-3)76-61-73(62-77(68-76)94(31-4,32-5)33-6)91(72-57-59-86(99(46-19,47-20)48-21)87(67-72)100(49-22,50-23)51-24)89-83-55-53-52-54-82(83)88(84-58-56-71(60-85(84)89)90(25,26)27)92(74-63-78(95(34-7,35-8)36-9)69-79(64-74)96(37-10,38-11)39-12)75-65-80(97(40-13,41-14)42-15)70-81(66-75)98(43-16,44-17)45-18/h52-70H,28-51H2,1-27H3. The van der Waals surface area contributed by atoms with Gasteiger partial charge in [-0.2, -0.15) is 0 Å². The van der Waals surface area contributed by atoms with Crippen LogP contribution in [0.3, 0.4) is 0 Å². The molecule has 0 fully saturated rings. The number of anilines is 6. The maximum Gasteiger partial charge on any atom is 0.0860 e. The zero-order chi connectivity index (χ0) is 74.0. The van der Waals surface area contributed by atoms with Crippen LogP contribution in [0.1, 0.15) is 193 Å². The van der Waals surface area contributed by atoms with Crippen molar-refractivity contribution in [3.05, 3.63) is 121 Å². The van der Waals surface area contributed by atoms with Crippen molar-refractivity contribution >= 4 is 162 Å². The average Bonchev–Trinajstić information content (AvgIpc) is 0.706. The summed E-state index contributed by atoms with van der Waals surface area (Å²) in [5, 5.41) is 19.3. The monoisotopic (exact) mass is 1480 g/mol. The summed E-state index contributed by atoms with van der Waals surface area (Å²) >= 11 is 0. The fourth-order valence-corrected chi connectivity index (χ4v) is 51.7. The van der Waals surface area contributed by atoms with E-state index >= 15 is 0 Å². The Kier molecular flexibility index (Phi) is 29.1. The van der Waals surface area contributed by atoms with Gasteiger partial charge < -0.3 is 9.80 Å². The summed E-state index contributed by atoms with van der Waals surface area (Å²) in [6, 6.07) is 82.5. The fourth-order valence-electron chi connectivity index (χ4n) is 20.3. The van der Waals surface area contributed by atoms with E-state index in [4.69, 9.17) is 0 Å². The molecule has 100 heavy (non-hydrogen) atoms. The van der Waals surface area contributed by atoms with Gasteiger partial charge in [0.05, 0.1) is 76.0 Å². The molecule has 2 nitrogen and oxygen atoms in total. The van der Waals surface area contributed by atoms with E-state index in [1.807, 2.05) is 0 Å². The van der Waals surface area contributed by atoms with Crippen molar-refractivity contribution in [3.63, 3.8) is 0 Å². The smallest absolute Gasteiger partial charge is 0.0860 e. The third kappa shape index (κ3) is 14.9. The first kappa shape index (κ1) is 83.7. The Labute approximate surface area is 625 Å². The Morgan fingerprint density at radius 3 is 0.720 bits per heavy atom. The summed E-state index contributed by atoms with van der Waals surface area (Å²) in [6.07, 6.45) is 0. The molecular weight excluding hydrogens is 1330 g/mol. The van der Waals surface area contributed by atoms with Gasteiger partial charge in [-0.15, -0.1) is 0 Å². The highest BCUT2D eigenvalue weighted by atomic mass is 28.3. The maximum atomic E-state index is 2.99. The van der Waals surface area contributed by atoms with Crippen LogP contribution in [0, 0.1) is 0 Å². The second-order valence-electron chi connectivity index (χ2n) is 32.7. The number of hydrogen-bond acceptors (Lipinski definition) is 2. The second-order valence-corrected chi connectivity index (χ2v) is 74.7. The predicted molar refractivity (Wildman–Crippen MR) is 484 cm³/mol. The molecule has 0 unspecified atom stereocenters. The lowest BCUT2D eigenvalue weighted by Crippen LogP contribution is -2.62. The maximum absolute atomic E-state index is 2.99. The van der Waals surface area contributed by atoms with Gasteiger partial charge in [0.25, 0.3) is 0 Å². The van der Waals surface area contributed by atoms with E-state index in [0.717, 1.165) is 0 Å². The van der Waals surface area contributed by atoms with Crippen LogP contribution in [-0.2, 0) is 5.41 Å². The van der Waals surface area contributed by atoms with Gasteiger partial charge in [-0.1, -0.05) is 434 Å². The summed E-state index contributed by atoms with van der Waals surface area (Å²) in [4.78, 5) is 5.96. The normalized spacial score (nSPS) is 13.3. The fraction of sp³-hybridized carbons (Fsp3) is 0.578. The lowest BCUT2D eigenvalue weighted by atomic mass is 9.84. The highest BCUT2D eigenvalue weighted by molar-refractivity contribution is 7.01. The molecule has 10 heteroatoms. The van der Waals surface area contributed by atoms with Crippen molar-refractivity contribution in [1.82, 2.24) is 0 Å². The summed E-state index contributed by atoms with van der Waals surface area (Å²) in [6.45, 7) is 68.8. The topological polar surface area (TPSA) is 6.48 Å². The molecule has 0 aliphatic heterocycles. The number of benzene rings is 7. The van der Waals surface area contributed by atoms with Gasteiger partial charge in [0, 0.05) is 44.3 Å². The molecule has 0 aliphatic rings. The van der Waals surface area contributed by atoms with Crippen LogP contribution in [-0.4, -0.2) is 64.6 Å². The van der Waals surface area contributed by atoms with E-state index in [1.54, 1.807) is 41.5 Å². The van der Waals surface area contributed by atoms with Gasteiger partial charge in [-0.25, -0.2) is 0 Å². The third-order valence-corrected chi connectivity index (χ3v) is 75.1. The molecule has 0 amide bonds. The lowest BCUT2D eigenvalue weighted by Gasteiger charge is -2.40. The van der Waals surface area contributed by atoms with Crippen molar-refractivity contribution in [2.45, 2.75) is 337 Å². The molecule has 7 aromatic carbocycles. The van der Waals surface area contributed by atoms with Crippen molar-refractivity contribution < 1.29 is 0 Å². The Morgan fingerprint density at radius 1 is 0.220 bits per heavy atom. The number of rotatable bonds is 38. The number of nitrogens with zero attached hydrogens (tertiary/aromatic N) is 2. The molecule has 0 bridgehead atoms. The molecule has 0 saturated heterocycles. The molecule has 0 aromatic heterocycles. The van der Waals surface area contributed by atoms with Gasteiger partial charge in [0.15, 0.2) is 0 Å². The van der Waals surface area contributed by atoms with Gasteiger partial charge in [0.1, 0.15) is 0 Å². The van der Waals surface area contributed by atoms with Crippen LogP contribution in [0.25, 0.3) is 21.5 Å². The summed E-state index contributed by atoms with van der Waals surface area (Å²) in [5.41, 5.74) is 9.64. The van der Waals surface area contributed by atoms with Gasteiger partial charge in [0.2, 0.25) is 0 Å². The minimum absolute atomic E-state index is 0.103. The Morgan fingerprint density at radius 2 is 0.460 bits per heavy atom. The summed E-state index contributed by atoms with van der Waals surface area (Å²) < 4.78 is 0. The highest BCUT2D eigenvalue weighted by Crippen LogP contribution is 2.53. The van der Waals surface area contributed by atoms with Crippen molar-refractivity contribution in [3.8, 4) is 0 Å². The molecule has 0 heterocycles. The Hall–Kier alpha value is -3.60. The summed E-state index contributed by atoms with van der Waals surface area (Å²) in [7, 11) is -15.7. The molecule has 0 radical (unpaired) electrons. The van der Waals surface area contributed by atoms with Gasteiger partial charge in [-0.05, 0) is 65.6 Å². The van der Waals surface area contributed by atoms with Crippen LogP contribution in [0.2, 0.25) is 145 Å². The number of hydrogen-bond donors (Lipinski definition) is 0. The van der Waals surface area contributed by atoms with Crippen LogP contribution in [0.4, 0.5) is 34.1 Å². The molecule has 0 aliphatic carbocycles. The zero-order valence-corrected chi connectivity index (χ0v) is 77.8.